The van der Waals surface area contributed by atoms with E-state index in [-0.39, 0.29) is 17.9 Å². The monoisotopic (exact) mass is 239 g/mol. The molecule has 5 heteroatoms. The Balaban J connectivity index is 1.80. The van der Waals surface area contributed by atoms with Crippen molar-refractivity contribution in [1.29, 1.82) is 0 Å². The lowest BCUT2D eigenvalue weighted by Crippen LogP contribution is -2.48. The van der Waals surface area contributed by atoms with Crippen LogP contribution in [0.25, 0.3) is 0 Å². The molecule has 5 nitrogen and oxygen atoms in total. The van der Waals surface area contributed by atoms with Crippen molar-refractivity contribution in [2.75, 3.05) is 26.7 Å². The molecule has 0 aromatic carbocycles. The van der Waals surface area contributed by atoms with Crippen molar-refractivity contribution >= 4 is 11.8 Å². The quantitative estimate of drug-likeness (QED) is 0.712. The minimum atomic E-state index is -0.261. The third-order valence-corrected chi connectivity index (χ3v) is 3.71. The van der Waals surface area contributed by atoms with Gasteiger partial charge in [0, 0.05) is 19.5 Å². The van der Waals surface area contributed by atoms with E-state index in [1.165, 1.54) is 0 Å². The van der Waals surface area contributed by atoms with Crippen molar-refractivity contribution < 1.29 is 9.59 Å². The Labute approximate surface area is 102 Å². The van der Waals surface area contributed by atoms with Gasteiger partial charge in [0.2, 0.25) is 11.8 Å². The third kappa shape index (κ3) is 2.97. The Bertz CT molecular complexity index is 298. The maximum atomic E-state index is 12.1. The van der Waals surface area contributed by atoms with Gasteiger partial charge in [-0.2, -0.15) is 0 Å². The predicted octanol–water partition coefficient (Wildman–Crippen LogP) is -0.277. The van der Waals surface area contributed by atoms with Crippen molar-refractivity contribution in [3.05, 3.63) is 0 Å². The molecular weight excluding hydrogens is 218 g/mol. The van der Waals surface area contributed by atoms with E-state index in [1.807, 2.05) is 11.9 Å². The molecule has 1 atom stereocenters. The summed E-state index contributed by atoms with van der Waals surface area (Å²) in [6, 6.07) is -0.261. The molecule has 2 aliphatic rings. The Hall–Kier alpha value is -1.10. The van der Waals surface area contributed by atoms with Crippen molar-refractivity contribution in [2.45, 2.75) is 31.7 Å². The molecule has 2 N–H and O–H groups in total. The average molecular weight is 239 g/mol. The summed E-state index contributed by atoms with van der Waals surface area (Å²) in [5.74, 6) is 0.800. The van der Waals surface area contributed by atoms with Crippen molar-refractivity contribution in [3.8, 4) is 0 Å². The Morgan fingerprint density at radius 3 is 2.65 bits per heavy atom. The first-order chi connectivity index (χ1) is 8.20. The zero-order valence-corrected chi connectivity index (χ0v) is 10.4. The number of piperidine rings is 1. The van der Waals surface area contributed by atoms with Crippen LogP contribution in [0.4, 0.5) is 0 Å². The van der Waals surface area contributed by atoms with Crippen LogP contribution in [0.15, 0.2) is 0 Å². The number of carbonyl (C=O) groups is 2. The minimum absolute atomic E-state index is 0.00780. The van der Waals surface area contributed by atoms with Crippen LogP contribution in [-0.2, 0) is 9.59 Å². The van der Waals surface area contributed by atoms with E-state index in [9.17, 15) is 9.59 Å². The zero-order valence-electron chi connectivity index (χ0n) is 10.4. The number of amides is 2. The van der Waals surface area contributed by atoms with Crippen molar-refractivity contribution in [3.63, 3.8) is 0 Å². The molecule has 0 aromatic rings. The van der Waals surface area contributed by atoms with Gasteiger partial charge in [0.15, 0.2) is 0 Å². The number of hydrogen-bond donors (Lipinski definition) is 2. The van der Waals surface area contributed by atoms with Crippen LogP contribution < -0.4 is 10.6 Å². The van der Waals surface area contributed by atoms with Crippen LogP contribution in [0.1, 0.15) is 25.7 Å². The molecule has 2 saturated heterocycles. The lowest BCUT2D eigenvalue weighted by atomic mass is 9.96. The summed E-state index contributed by atoms with van der Waals surface area (Å²) in [5, 5.41) is 5.93. The molecule has 96 valence electrons. The van der Waals surface area contributed by atoms with Gasteiger partial charge in [-0.3, -0.25) is 9.59 Å². The lowest BCUT2D eigenvalue weighted by molar-refractivity contribution is -0.135. The van der Waals surface area contributed by atoms with Gasteiger partial charge in [0.25, 0.3) is 0 Å². The van der Waals surface area contributed by atoms with E-state index in [0.29, 0.717) is 18.8 Å². The Kier molecular flexibility index (Phi) is 3.99. The SMILES string of the molecule is CNCC1CCN(C(=O)C2CCC(=O)N2)CC1. The second-order valence-corrected chi connectivity index (χ2v) is 4.99. The Morgan fingerprint density at radius 1 is 1.41 bits per heavy atom. The molecule has 2 aliphatic heterocycles. The molecule has 0 aromatic heterocycles. The van der Waals surface area contributed by atoms with Gasteiger partial charge in [-0.1, -0.05) is 0 Å². The molecule has 0 spiro atoms. The number of nitrogens with zero attached hydrogens (tertiary/aromatic N) is 1. The van der Waals surface area contributed by atoms with E-state index in [2.05, 4.69) is 10.6 Å². The smallest absolute Gasteiger partial charge is 0.245 e. The van der Waals surface area contributed by atoms with E-state index < -0.39 is 0 Å². The van der Waals surface area contributed by atoms with Gasteiger partial charge in [0.05, 0.1) is 0 Å². The molecule has 17 heavy (non-hydrogen) atoms. The highest BCUT2D eigenvalue weighted by Crippen LogP contribution is 2.18. The van der Waals surface area contributed by atoms with Crippen molar-refractivity contribution in [2.24, 2.45) is 5.92 Å². The van der Waals surface area contributed by atoms with E-state index in [4.69, 9.17) is 0 Å². The van der Waals surface area contributed by atoms with E-state index in [0.717, 1.165) is 32.5 Å². The summed E-state index contributed by atoms with van der Waals surface area (Å²) in [5.41, 5.74) is 0. The highest BCUT2D eigenvalue weighted by molar-refractivity contribution is 5.90. The molecule has 0 bridgehead atoms. The fourth-order valence-corrected chi connectivity index (χ4v) is 2.67. The van der Waals surface area contributed by atoms with Gasteiger partial charge < -0.3 is 15.5 Å². The summed E-state index contributed by atoms with van der Waals surface area (Å²) >= 11 is 0. The van der Waals surface area contributed by atoms with Crippen LogP contribution >= 0.6 is 0 Å². The summed E-state index contributed by atoms with van der Waals surface area (Å²) in [7, 11) is 1.96. The number of carbonyl (C=O) groups excluding carboxylic acids is 2. The molecule has 0 aliphatic carbocycles. The fraction of sp³-hybridized carbons (Fsp3) is 0.833. The van der Waals surface area contributed by atoms with Gasteiger partial charge >= 0.3 is 0 Å². The van der Waals surface area contributed by atoms with Crippen LogP contribution in [0.3, 0.4) is 0 Å². The molecule has 1 unspecified atom stereocenters. The zero-order chi connectivity index (χ0) is 12.3. The van der Waals surface area contributed by atoms with E-state index in [1.54, 1.807) is 0 Å². The maximum Gasteiger partial charge on any atom is 0.245 e. The molecule has 0 saturated carbocycles. The third-order valence-electron chi connectivity index (χ3n) is 3.71. The number of likely N-dealkylation sites (tertiary alicyclic amines) is 1. The summed E-state index contributed by atoms with van der Waals surface area (Å²) in [6.07, 6.45) is 3.28. The first-order valence-corrected chi connectivity index (χ1v) is 6.43. The molecule has 2 amide bonds. The second kappa shape index (κ2) is 5.49. The summed E-state index contributed by atoms with van der Waals surface area (Å²) in [4.78, 5) is 25.1. The highest BCUT2D eigenvalue weighted by atomic mass is 16.2. The van der Waals surface area contributed by atoms with Crippen LogP contribution in [0.2, 0.25) is 0 Å². The lowest BCUT2D eigenvalue weighted by Gasteiger charge is -2.33. The normalized spacial score (nSPS) is 26.1. The number of rotatable bonds is 3. The fourth-order valence-electron chi connectivity index (χ4n) is 2.67. The van der Waals surface area contributed by atoms with E-state index >= 15 is 0 Å². The average Bonchev–Trinajstić information content (AvgIpc) is 2.76. The van der Waals surface area contributed by atoms with Gasteiger partial charge in [-0.05, 0) is 38.8 Å². The molecule has 2 rings (SSSR count). The molecule has 0 radical (unpaired) electrons. The van der Waals surface area contributed by atoms with Crippen LogP contribution in [0.5, 0.6) is 0 Å². The van der Waals surface area contributed by atoms with Crippen molar-refractivity contribution in [1.82, 2.24) is 15.5 Å². The standard InChI is InChI=1S/C12H21N3O2/c1-13-8-9-4-6-15(7-5-9)12(17)10-2-3-11(16)14-10/h9-10,13H,2-8H2,1H3,(H,14,16). The first kappa shape index (κ1) is 12.4. The minimum Gasteiger partial charge on any atom is -0.344 e. The predicted molar refractivity (Wildman–Crippen MR) is 64.4 cm³/mol. The maximum absolute atomic E-state index is 12.1. The van der Waals surface area contributed by atoms with Crippen LogP contribution in [0, 0.1) is 5.92 Å². The first-order valence-electron chi connectivity index (χ1n) is 6.43. The van der Waals surface area contributed by atoms with Gasteiger partial charge in [-0.15, -0.1) is 0 Å². The summed E-state index contributed by atoms with van der Waals surface area (Å²) < 4.78 is 0. The second-order valence-electron chi connectivity index (χ2n) is 4.99. The Morgan fingerprint density at radius 2 is 2.12 bits per heavy atom. The number of nitrogens with one attached hydrogen (secondary N) is 2. The largest absolute Gasteiger partial charge is 0.344 e. The number of hydrogen-bond acceptors (Lipinski definition) is 3. The molecule has 2 fully saturated rings. The van der Waals surface area contributed by atoms with Crippen LogP contribution in [-0.4, -0.2) is 49.4 Å². The topological polar surface area (TPSA) is 61.4 Å². The molecule has 2 heterocycles. The van der Waals surface area contributed by atoms with Gasteiger partial charge in [0.1, 0.15) is 6.04 Å². The van der Waals surface area contributed by atoms with Gasteiger partial charge in [-0.25, -0.2) is 0 Å². The molecular formula is C12H21N3O2. The highest BCUT2D eigenvalue weighted by Gasteiger charge is 2.32. The summed E-state index contributed by atoms with van der Waals surface area (Å²) in [6.45, 7) is 2.69.